The summed E-state index contributed by atoms with van der Waals surface area (Å²) in [4.78, 5) is 25.1. The van der Waals surface area contributed by atoms with Crippen LogP contribution < -0.4 is 9.47 Å². The van der Waals surface area contributed by atoms with E-state index in [0.717, 1.165) is 11.8 Å². The number of ether oxygens (including phenoxy) is 2. The van der Waals surface area contributed by atoms with Crippen LogP contribution in [0.3, 0.4) is 0 Å². The van der Waals surface area contributed by atoms with Gasteiger partial charge in [0.2, 0.25) is 6.79 Å². The van der Waals surface area contributed by atoms with E-state index in [-0.39, 0.29) is 25.7 Å². The molecule has 3 rings (SSSR count). The molecule has 122 valence electrons. The van der Waals surface area contributed by atoms with Crippen LogP contribution in [0.4, 0.5) is 0 Å². The van der Waals surface area contributed by atoms with E-state index in [9.17, 15) is 9.59 Å². The van der Waals surface area contributed by atoms with Gasteiger partial charge in [-0.3, -0.25) is 4.79 Å². The number of amides is 1. The van der Waals surface area contributed by atoms with Gasteiger partial charge in [-0.2, -0.15) is 0 Å². The van der Waals surface area contributed by atoms with Crippen molar-refractivity contribution in [3.63, 3.8) is 0 Å². The Morgan fingerprint density at radius 3 is 2.58 bits per heavy atom. The summed E-state index contributed by atoms with van der Waals surface area (Å²) >= 11 is 0. The van der Waals surface area contributed by atoms with E-state index >= 15 is 0 Å². The Kier molecular flexibility index (Phi) is 4.61. The molecule has 0 N–H and O–H groups in total. The molecular formula is C19H17NO4. The van der Waals surface area contributed by atoms with Crippen molar-refractivity contribution in [2.24, 2.45) is 0 Å². The Morgan fingerprint density at radius 2 is 1.83 bits per heavy atom. The second-order valence-corrected chi connectivity index (χ2v) is 5.29. The molecule has 0 aromatic heterocycles. The number of rotatable bonds is 6. The fraction of sp³-hybridized carbons (Fsp3) is 0.158. The lowest BCUT2D eigenvalue weighted by atomic mass is 10.1. The minimum Gasteiger partial charge on any atom is -0.454 e. The van der Waals surface area contributed by atoms with Crippen molar-refractivity contribution in [2.45, 2.75) is 6.42 Å². The van der Waals surface area contributed by atoms with Gasteiger partial charge in [0.15, 0.2) is 11.5 Å². The fourth-order valence-corrected chi connectivity index (χ4v) is 2.51. The molecule has 0 saturated heterocycles. The second-order valence-electron chi connectivity index (χ2n) is 5.29. The van der Waals surface area contributed by atoms with Crippen molar-refractivity contribution in [3.05, 3.63) is 66.2 Å². The number of carbonyl (C=O) groups is 2. The lowest BCUT2D eigenvalue weighted by Crippen LogP contribution is -2.30. The largest absolute Gasteiger partial charge is 0.454 e. The van der Waals surface area contributed by atoms with E-state index in [0.29, 0.717) is 22.8 Å². The molecule has 0 bridgehead atoms. The molecule has 0 spiro atoms. The molecule has 1 amide bonds. The van der Waals surface area contributed by atoms with Gasteiger partial charge in [-0.15, -0.1) is 0 Å². The second kappa shape index (κ2) is 7.00. The maximum Gasteiger partial charge on any atom is 0.258 e. The van der Waals surface area contributed by atoms with Crippen LogP contribution in [0, 0.1) is 0 Å². The first-order valence-electron chi connectivity index (χ1n) is 7.60. The van der Waals surface area contributed by atoms with Gasteiger partial charge in [-0.25, -0.2) is 0 Å². The minimum absolute atomic E-state index is 0.184. The summed E-state index contributed by atoms with van der Waals surface area (Å²) in [6.45, 7) is 4.49. The van der Waals surface area contributed by atoms with Gasteiger partial charge in [0.1, 0.15) is 6.29 Å². The first-order valence-corrected chi connectivity index (χ1v) is 7.60. The van der Waals surface area contributed by atoms with Crippen LogP contribution in [0.2, 0.25) is 0 Å². The van der Waals surface area contributed by atoms with Crippen LogP contribution in [-0.4, -0.2) is 30.4 Å². The van der Waals surface area contributed by atoms with Crippen LogP contribution in [0.5, 0.6) is 11.5 Å². The monoisotopic (exact) mass is 323 g/mol. The molecule has 5 nitrogen and oxygen atoms in total. The summed E-state index contributed by atoms with van der Waals surface area (Å²) in [6, 6.07) is 14.3. The minimum atomic E-state index is -0.194. The van der Waals surface area contributed by atoms with Crippen LogP contribution in [0.1, 0.15) is 22.3 Å². The van der Waals surface area contributed by atoms with Gasteiger partial charge in [-0.05, 0) is 30.3 Å². The number of carbonyl (C=O) groups excluding carboxylic acids is 2. The molecule has 0 unspecified atom stereocenters. The first kappa shape index (κ1) is 15.8. The van der Waals surface area contributed by atoms with Gasteiger partial charge in [-0.1, -0.05) is 24.8 Å². The molecule has 5 heteroatoms. The van der Waals surface area contributed by atoms with E-state index in [1.807, 2.05) is 12.1 Å². The van der Waals surface area contributed by atoms with E-state index in [4.69, 9.17) is 9.47 Å². The van der Waals surface area contributed by atoms with Crippen LogP contribution >= 0.6 is 0 Å². The van der Waals surface area contributed by atoms with Gasteiger partial charge in [0, 0.05) is 29.8 Å². The van der Waals surface area contributed by atoms with Crippen molar-refractivity contribution in [3.8, 4) is 11.5 Å². The average Bonchev–Trinajstić information content (AvgIpc) is 3.10. The molecular weight excluding hydrogens is 306 g/mol. The molecule has 24 heavy (non-hydrogen) atoms. The highest BCUT2D eigenvalue weighted by Gasteiger charge is 2.21. The number of hydrogen-bond donors (Lipinski definition) is 0. The normalized spacial score (nSPS) is 11.8. The van der Waals surface area contributed by atoms with Crippen molar-refractivity contribution >= 4 is 17.9 Å². The van der Waals surface area contributed by atoms with E-state index < -0.39 is 0 Å². The van der Waals surface area contributed by atoms with Crippen molar-refractivity contribution in [2.75, 3.05) is 13.3 Å². The summed E-state index contributed by atoms with van der Waals surface area (Å²) < 4.78 is 10.7. The maximum absolute atomic E-state index is 12.8. The summed E-state index contributed by atoms with van der Waals surface area (Å²) in [5.74, 6) is 1.09. The predicted molar refractivity (Wildman–Crippen MR) is 89.8 cm³/mol. The molecule has 0 saturated carbocycles. The third-order valence-corrected chi connectivity index (χ3v) is 3.77. The molecule has 2 aromatic carbocycles. The lowest BCUT2D eigenvalue weighted by molar-refractivity contribution is -0.107. The molecule has 2 aromatic rings. The summed E-state index contributed by atoms with van der Waals surface area (Å²) in [6.07, 6.45) is 1.03. The lowest BCUT2D eigenvalue weighted by Gasteiger charge is -2.24. The van der Waals surface area contributed by atoms with Crippen molar-refractivity contribution in [1.82, 2.24) is 4.90 Å². The van der Waals surface area contributed by atoms with Gasteiger partial charge < -0.3 is 19.2 Å². The molecule has 1 aliphatic rings. The topological polar surface area (TPSA) is 55.8 Å². The highest BCUT2D eigenvalue weighted by atomic mass is 16.7. The number of fused-ring (bicyclic) bond motifs is 1. The Morgan fingerprint density at radius 1 is 1.08 bits per heavy atom. The zero-order valence-electron chi connectivity index (χ0n) is 13.1. The van der Waals surface area contributed by atoms with E-state index in [2.05, 4.69) is 6.58 Å². The van der Waals surface area contributed by atoms with Crippen LogP contribution in [0.15, 0.2) is 55.1 Å². The Hall–Kier alpha value is -3.08. The maximum atomic E-state index is 12.8. The highest BCUT2D eigenvalue weighted by molar-refractivity contribution is 5.99. The number of benzene rings is 2. The summed E-state index contributed by atoms with van der Waals surface area (Å²) in [5, 5.41) is 0. The third-order valence-electron chi connectivity index (χ3n) is 3.77. The zero-order valence-corrected chi connectivity index (χ0v) is 13.1. The average molecular weight is 323 g/mol. The van der Waals surface area contributed by atoms with E-state index in [1.165, 1.54) is 4.90 Å². The standard InChI is InChI=1S/C19H17NO4/c1-14(16-8-9-17-18(12-16)24-13-23-17)20(10-5-11-21)19(22)15-6-3-2-4-7-15/h2-4,6-9,11-12H,1,5,10,13H2. The quantitative estimate of drug-likeness (QED) is 0.767. The van der Waals surface area contributed by atoms with Crippen LogP contribution in [-0.2, 0) is 4.79 Å². The Labute approximate surface area is 140 Å². The fourth-order valence-electron chi connectivity index (χ4n) is 2.51. The van der Waals surface area contributed by atoms with Crippen LogP contribution in [0.25, 0.3) is 5.70 Å². The Balaban J connectivity index is 1.89. The SMILES string of the molecule is C=C(c1ccc2c(c1)OCO2)N(CCC=O)C(=O)c1ccccc1. The first-order chi connectivity index (χ1) is 11.7. The van der Waals surface area contributed by atoms with Gasteiger partial charge >= 0.3 is 0 Å². The van der Waals surface area contributed by atoms with Crippen molar-refractivity contribution < 1.29 is 19.1 Å². The highest BCUT2D eigenvalue weighted by Crippen LogP contribution is 2.35. The van der Waals surface area contributed by atoms with Gasteiger partial charge in [0.05, 0.1) is 0 Å². The molecule has 0 atom stereocenters. The molecule has 0 fully saturated rings. The molecule has 0 aliphatic carbocycles. The molecule has 1 heterocycles. The third kappa shape index (κ3) is 3.15. The predicted octanol–water partition coefficient (Wildman–Crippen LogP) is 3.12. The summed E-state index contributed by atoms with van der Waals surface area (Å²) in [5.41, 5.74) is 1.81. The van der Waals surface area contributed by atoms with Crippen molar-refractivity contribution in [1.29, 1.82) is 0 Å². The summed E-state index contributed by atoms with van der Waals surface area (Å²) in [7, 11) is 0. The zero-order chi connectivity index (χ0) is 16.9. The molecule has 0 radical (unpaired) electrons. The number of hydrogen-bond acceptors (Lipinski definition) is 4. The Bertz CT molecular complexity index is 770. The smallest absolute Gasteiger partial charge is 0.258 e. The number of aldehydes is 1. The number of nitrogens with zero attached hydrogens (tertiary/aromatic N) is 1. The molecule has 1 aliphatic heterocycles. The van der Waals surface area contributed by atoms with Gasteiger partial charge in [0.25, 0.3) is 5.91 Å². The van der Waals surface area contributed by atoms with E-state index in [1.54, 1.807) is 36.4 Å².